The molecule has 0 aliphatic carbocycles. The molecule has 2 N–H and O–H groups in total. The number of hydrogen-bond acceptors (Lipinski definition) is 3. The second-order valence-electron chi connectivity index (χ2n) is 4.48. The van der Waals surface area contributed by atoms with Gasteiger partial charge in [0.2, 0.25) is 0 Å². The minimum Gasteiger partial charge on any atom is -0.383 e. The fraction of sp³-hybridized carbons (Fsp3) is 0.571. The third kappa shape index (κ3) is 5.63. The van der Waals surface area contributed by atoms with Gasteiger partial charge in [0.1, 0.15) is 0 Å². The summed E-state index contributed by atoms with van der Waals surface area (Å²) in [6.07, 6.45) is 0.703. The quantitative estimate of drug-likeness (QED) is 0.748. The second-order valence-corrected chi connectivity index (χ2v) is 4.48. The van der Waals surface area contributed by atoms with Crippen molar-refractivity contribution >= 4 is 0 Å². The Morgan fingerprint density at radius 1 is 1.21 bits per heavy atom. The monoisotopic (exact) mass is 272 g/mol. The van der Waals surface area contributed by atoms with E-state index < -0.39 is 5.92 Å². The van der Waals surface area contributed by atoms with Crippen molar-refractivity contribution in [3.8, 4) is 0 Å². The number of benzene rings is 1. The lowest BCUT2D eigenvalue weighted by Crippen LogP contribution is -2.38. The smallest absolute Gasteiger partial charge is 0.285 e. The van der Waals surface area contributed by atoms with Crippen LogP contribution in [0.4, 0.5) is 8.78 Å². The molecule has 0 saturated carbocycles. The summed E-state index contributed by atoms with van der Waals surface area (Å²) < 4.78 is 33.2. The molecular weight excluding hydrogens is 250 g/mol. The second kappa shape index (κ2) is 8.19. The Hall–Kier alpha value is -1.04. The molecule has 0 aromatic heterocycles. The van der Waals surface area contributed by atoms with E-state index in [1.54, 1.807) is 30.2 Å². The van der Waals surface area contributed by atoms with E-state index >= 15 is 0 Å². The average Bonchev–Trinajstić information content (AvgIpc) is 2.42. The Bertz CT molecular complexity index is 339. The zero-order valence-corrected chi connectivity index (χ0v) is 11.3. The van der Waals surface area contributed by atoms with Gasteiger partial charge in [0, 0.05) is 19.2 Å². The molecule has 0 saturated heterocycles. The molecule has 5 heteroatoms. The van der Waals surface area contributed by atoms with E-state index in [4.69, 9.17) is 10.5 Å². The normalized spacial score (nSPS) is 12.1. The maximum Gasteiger partial charge on any atom is 0.285 e. The molecule has 108 valence electrons. The van der Waals surface area contributed by atoms with Crippen LogP contribution in [0.5, 0.6) is 0 Å². The SMILES string of the molecule is COCCN(CCCN)CC(F)(F)c1ccccc1. The average molecular weight is 272 g/mol. The fourth-order valence-corrected chi connectivity index (χ4v) is 1.86. The lowest BCUT2D eigenvalue weighted by molar-refractivity contribution is -0.0417. The molecule has 0 aliphatic heterocycles. The maximum absolute atomic E-state index is 14.1. The number of alkyl halides is 2. The first-order chi connectivity index (χ1) is 9.10. The summed E-state index contributed by atoms with van der Waals surface area (Å²) in [5.41, 5.74) is 5.48. The Labute approximate surface area is 113 Å². The van der Waals surface area contributed by atoms with Crippen LogP contribution in [0.3, 0.4) is 0 Å². The Kier molecular flexibility index (Phi) is 6.91. The van der Waals surface area contributed by atoms with Crippen molar-refractivity contribution in [3.05, 3.63) is 35.9 Å². The van der Waals surface area contributed by atoms with Crippen molar-refractivity contribution in [2.24, 2.45) is 5.73 Å². The Morgan fingerprint density at radius 3 is 2.47 bits per heavy atom. The van der Waals surface area contributed by atoms with E-state index in [1.807, 2.05) is 0 Å². The van der Waals surface area contributed by atoms with Crippen molar-refractivity contribution in [1.82, 2.24) is 4.90 Å². The fourth-order valence-electron chi connectivity index (χ4n) is 1.86. The van der Waals surface area contributed by atoms with Gasteiger partial charge in [-0.05, 0) is 19.5 Å². The molecule has 1 aromatic rings. The zero-order valence-electron chi connectivity index (χ0n) is 11.3. The van der Waals surface area contributed by atoms with Gasteiger partial charge >= 0.3 is 0 Å². The van der Waals surface area contributed by atoms with Crippen molar-refractivity contribution in [1.29, 1.82) is 0 Å². The maximum atomic E-state index is 14.1. The number of rotatable bonds is 9. The molecule has 0 amide bonds. The molecule has 1 rings (SSSR count). The van der Waals surface area contributed by atoms with Crippen LogP contribution >= 0.6 is 0 Å². The molecule has 0 radical (unpaired) electrons. The minimum absolute atomic E-state index is 0.0464. The summed E-state index contributed by atoms with van der Waals surface area (Å²) in [7, 11) is 1.57. The van der Waals surface area contributed by atoms with Crippen LogP contribution in [0.15, 0.2) is 30.3 Å². The van der Waals surface area contributed by atoms with Gasteiger partial charge in [-0.15, -0.1) is 0 Å². The molecule has 0 spiro atoms. The number of nitrogens with two attached hydrogens (primary N) is 1. The third-order valence-electron chi connectivity index (χ3n) is 2.91. The summed E-state index contributed by atoms with van der Waals surface area (Å²) in [4.78, 5) is 1.70. The summed E-state index contributed by atoms with van der Waals surface area (Å²) in [6.45, 7) is 1.68. The van der Waals surface area contributed by atoms with E-state index in [9.17, 15) is 8.78 Å². The molecule has 19 heavy (non-hydrogen) atoms. The third-order valence-corrected chi connectivity index (χ3v) is 2.91. The molecule has 0 bridgehead atoms. The van der Waals surface area contributed by atoms with Crippen LogP contribution in [0.2, 0.25) is 0 Å². The van der Waals surface area contributed by atoms with Crippen LogP contribution in [0, 0.1) is 0 Å². The summed E-state index contributed by atoms with van der Waals surface area (Å²) >= 11 is 0. The number of methoxy groups -OCH3 is 1. The Morgan fingerprint density at radius 2 is 1.89 bits per heavy atom. The zero-order chi connectivity index (χ0) is 14.1. The number of ether oxygens (including phenoxy) is 1. The standard InChI is InChI=1S/C14H22F2N2O/c1-19-11-10-18(9-5-8-17)12-14(15,16)13-6-3-2-4-7-13/h2-4,6-7H,5,8-12,17H2,1H3. The van der Waals surface area contributed by atoms with E-state index in [0.717, 1.165) is 0 Å². The molecule has 3 nitrogen and oxygen atoms in total. The first-order valence-electron chi connectivity index (χ1n) is 6.45. The van der Waals surface area contributed by atoms with E-state index in [-0.39, 0.29) is 12.1 Å². The number of hydrogen-bond donors (Lipinski definition) is 1. The van der Waals surface area contributed by atoms with Crippen LogP contribution in [0.1, 0.15) is 12.0 Å². The van der Waals surface area contributed by atoms with E-state index in [0.29, 0.717) is 32.7 Å². The van der Waals surface area contributed by atoms with Gasteiger partial charge in [-0.2, -0.15) is 8.78 Å². The lowest BCUT2D eigenvalue weighted by atomic mass is 10.1. The highest BCUT2D eigenvalue weighted by Gasteiger charge is 2.33. The predicted octanol–water partition coefficient (Wildman–Crippen LogP) is 2.08. The topological polar surface area (TPSA) is 38.5 Å². The van der Waals surface area contributed by atoms with Gasteiger partial charge in [0.05, 0.1) is 13.2 Å². The van der Waals surface area contributed by atoms with Crippen molar-refractivity contribution in [3.63, 3.8) is 0 Å². The molecule has 0 heterocycles. The van der Waals surface area contributed by atoms with Gasteiger partial charge in [0.15, 0.2) is 0 Å². The van der Waals surface area contributed by atoms with Crippen LogP contribution in [0.25, 0.3) is 0 Å². The molecule has 0 atom stereocenters. The largest absolute Gasteiger partial charge is 0.383 e. The van der Waals surface area contributed by atoms with Crippen molar-refractivity contribution < 1.29 is 13.5 Å². The number of nitrogens with zero attached hydrogens (tertiary/aromatic N) is 1. The minimum atomic E-state index is -2.86. The first kappa shape index (κ1) is 16.0. The summed E-state index contributed by atoms with van der Waals surface area (Å²) in [5.74, 6) is -2.86. The molecule has 0 unspecified atom stereocenters. The van der Waals surface area contributed by atoms with E-state index in [2.05, 4.69) is 0 Å². The van der Waals surface area contributed by atoms with Gasteiger partial charge in [-0.3, -0.25) is 4.90 Å². The highest BCUT2D eigenvalue weighted by molar-refractivity contribution is 5.20. The van der Waals surface area contributed by atoms with Gasteiger partial charge in [-0.1, -0.05) is 30.3 Å². The van der Waals surface area contributed by atoms with Crippen molar-refractivity contribution in [2.45, 2.75) is 12.3 Å². The summed E-state index contributed by atoms with van der Waals surface area (Å²) in [5, 5.41) is 0. The van der Waals surface area contributed by atoms with Gasteiger partial charge in [0.25, 0.3) is 5.92 Å². The van der Waals surface area contributed by atoms with E-state index in [1.165, 1.54) is 12.1 Å². The first-order valence-corrected chi connectivity index (χ1v) is 6.45. The lowest BCUT2D eigenvalue weighted by Gasteiger charge is -2.27. The van der Waals surface area contributed by atoms with Crippen LogP contribution < -0.4 is 5.73 Å². The highest BCUT2D eigenvalue weighted by atomic mass is 19.3. The summed E-state index contributed by atoms with van der Waals surface area (Å²) in [6, 6.07) is 7.90. The number of halogens is 2. The van der Waals surface area contributed by atoms with Crippen molar-refractivity contribution in [2.75, 3.05) is 39.9 Å². The Balaban J connectivity index is 2.64. The van der Waals surface area contributed by atoms with Crippen LogP contribution in [-0.4, -0.2) is 44.8 Å². The molecular formula is C14H22F2N2O. The molecule has 0 fully saturated rings. The van der Waals surface area contributed by atoms with Gasteiger partial charge < -0.3 is 10.5 Å². The highest BCUT2D eigenvalue weighted by Crippen LogP contribution is 2.28. The van der Waals surface area contributed by atoms with Gasteiger partial charge in [-0.25, -0.2) is 0 Å². The molecule has 0 aliphatic rings. The van der Waals surface area contributed by atoms with Crippen LogP contribution in [-0.2, 0) is 10.7 Å². The molecule has 1 aromatic carbocycles. The predicted molar refractivity (Wildman–Crippen MR) is 72.3 cm³/mol.